The van der Waals surface area contributed by atoms with Gasteiger partial charge < -0.3 is 9.51 Å². The normalized spacial score (nSPS) is 18.7. The van der Waals surface area contributed by atoms with Gasteiger partial charge in [0.15, 0.2) is 9.84 Å². The molecule has 2 unspecified atom stereocenters. The number of fused-ring (bicyclic) bond motifs is 1. The van der Waals surface area contributed by atoms with Crippen LogP contribution in [0.2, 0.25) is 0 Å². The standard InChI is InChI=1S/C23H20F3N5O3S/c1-35(33,34)19-4-2-3-16(11-19)21-17(13-27)10-18-9-15(5-7-31(18)21)12-22(14-28-30-29-22)20(6-8-32)23(24,25)26/h2-5,7,9-11,14,20,32H,6,8,12H2,1H3. The van der Waals surface area contributed by atoms with E-state index in [1.807, 2.05) is 0 Å². The Labute approximate surface area is 199 Å². The third kappa shape index (κ3) is 4.69. The quantitative estimate of drug-likeness (QED) is 0.520. The van der Waals surface area contributed by atoms with Gasteiger partial charge in [0, 0.05) is 36.6 Å². The van der Waals surface area contributed by atoms with Gasteiger partial charge in [-0.1, -0.05) is 12.1 Å². The van der Waals surface area contributed by atoms with Crippen LogP contribution in [-0.4, -0.2) is 48.7 Å². The molecule has 2 aromatic heterocycles. The van der Waals surface area contributed by atoms with Gasteiger partial charge in [0.1, 0.15) is 11.6 Å². The minimum atomic E-state index is -4.64. The van der Waals surface area contributed by atoms with Crippen molar-refractivity contribution in [3.05, 3.63) is 59.8 Å². The number of aliphatic hydroxyl groups is 1. The number of hydrogen-bond acceptors (Lipinski definition) is 7. The van der Waals surface area contributed by atoms with Crippen molar-refractivity contribution in [1.29, 1.82) is 5.26 Å². The molecule has 35 heavy (non-hydrogen) atoms. The smallest absolute Gasteiger partial charge is 0.394 e. The minimum absolute atomic E-state index is 0.0976. The highest BCUT2D eigenvalue weighted by Crippen LogP contribution is 2.42. The van der Waals surface area contributed by atoms with E-state index in [0.717, 1.165) is 12.5 Å². The number of benzene rings is 1. The van der Waals surface area contributed by atoms with Crippen LogP contribution in [0.15, 0.2) is 69.0 Å². The van der Waals surface area contributed by atoms with Crippen LogP contribution >= 0.6 is 0 Å². The van der Waals surface area contributed by atoms with E-state index in [1.165, 1.54) is 12.1 Å². The van der Waals surface area contributed by atoms with E-state index in [2.05, 4.69) is 21.5 Å². The molecule has 4 rings (SSSR count). The molecule has 1 aliphatic rings. The lowest BCUT2D eigenvalue weighted by Crippen LogP contribution is -2.47. The van der Waals surface area contributed by atoms with Crippen LogP contribution < -0.4 is 0 Å². The van der Waals surface area contributed by atoms with Crippen LogP contribution in [0.3, 0.4) is 0 Å². The molecule has 1 N–H and O–H groups in total. The summed E-state index contributed by atoms with van der Waals surface area (Å²) in [6.45, 7) is -0.672. The number of sulfone groups is 1. The summed E-state index contributed by atoms with van der Waals surface area (Å²) >= 11 is 0. The van der Waals surface area contributed by atoms with Crippen molar-refractivity contribution in [3.63, 3.8) is 0 Å². The second kappa shape index (κ2) is 8.90. The Morgan fingerprint density at radius 2 is 2.00 bits per heavy atom. The van der Waals surface area contributed by atoms with Gasteiger partial charge in [-0.25, -0.2) is 8.42 Å². The van der Waals surface area contributed by atoms with E-state index in [4.69, 9.17) is 0 Å². The largest absolute Gasteiger partial charge is 0.396 e. The lowest BCUT2D eigenvalue weighted by molar-refractivity contribution is -0.189. The number of pyridine rings is 1. The molecular weight excluding hydrogens is 483 g/mol. The Morgan fingerprint density at radius 3 is 2.60 bits per heavy atom. The lowest BCUT2D eigenvalue weighted by Gasteiger charge is -2.32. The number of alkyl halides is 3. The van der Waals surface area contributed by atoms with Crippen molar-refractivity contribution in [1.82, 2.24) is 4.40 Å². The number of nitrogens with zero attached hydrogens (tertiary/aromatic N) is 5. The molecule has 0 bridgehead atoms. The van der Waals surface area contributed by atoms with E-state index in [-0.39, 0.29) is 16.9 Å². The van der Waals surface area contributed by atoms with Crippen LogP contribution in [-0.2, 0) is 16.3 Å². The number of halogens is 3. The first kappa shape index (κ1) is 24.6. The maximum atomic E-state index is 13.8. The molecule has 12 heteroatoms. The highest BCUT2D eigenvalue weighted by atomic mass is 32.2. The van der Waals surface area contributed by atoms with Gasteiger partial charge in [0.25, 0.3) is 0 Å². The molecule has 1 aliphatic heterocycles. The summed E-state index contributed by atoms with van der Waals surface area (Å²) in [7, 11) is -3.47. The average Bonchev–Trinajstić information content (AvgIpc) is 3.40. The summed E-state index contributed by atoms with van der Waals surface area (Å²) < 4.78 is 67.1. The average molecular weight is 504 g/mol. The van der Waals surface area contributed by atoms with Crippen molar-refractivity contribution < 1.29 is 26.7 Å². The van der Waals surface area contributed by atoms with E-state index in [1.54, 1.807) is 40.9 Å². The highest BCUT2D eigenvalue weighted by Gasteiger charge is 2.54. The highest BCUT2D eigenvalue weighted by molar-refractivity contribution is 7.90. The Balaban J connectivity index is 1.79. The van der Waals surface area contributed by atoms with E-state index < -0.39 is 40.5 Å². The molecule has 0 radical (unpaired) electrons. The maximum Gasteiger partial charge on any atom is 0.394 e. The molecule has 3 aromatic rings. The Morgan fingerprint density at radius 1 is 1.23 bits per heavy atom. The first-order chi connectivity index (χ1) is 16.5. The van der Waals surface area contributed by atoms with Crippen molar-refractivity contribution in [2.24, 2.45) is 21.4 Å². The molecule has 182 valence electrons. The van der Waals surface area contributed by atoms with Gasteiger partial charge in [0.05, 0.1) is 28.3 Å². The summed E-state index contributed by atoms with van der Waals surface area (Å²) in [6.07, 6.45) is -1.60. The monoisotopic (exact) mass is 503 g/mol. The molecule has 8 nitrogen and oxygen atoms in total. The lowest BCUT2D eigenvalue weighted by atomic mass is 9.78. The topological polar surface area (TPSA) is 120 Å². The SMILES string of the molecule is CS(=O)(=O)c1cccc(-c2c(C#N)cc3cc(CC4(C(CCO)C(F)(F)F)C=NN=N4)ccn23)c1. The van der Waals surface area contributed by atoms with E-state index in [0.29, 0.717) is 22.3 Å². The number of rotatable bonds is 7. The zero-order chi connectivity index (χ0) is 25.4. The third-order valence-corrected chi connectivity index (χ3v) is 7.07. The molecule has 1 aromatic carbocycles. The van der Waals surface area contributed by atoms with E-state index >= 15 is 0 Å². The molecule has 2 atom stereocenters. The Hall–Kier alpha value is -3.56. The molecule has 0 saturated heterocycles. The molecule has 0 fully saturated rings. The Kier molecular flexibility index (Phi) is 6.25. The van der Waals surface area contributed by atoms with Crippen molar-refractivity contribution in [3.8, 4) is 17.3 Å². The fraction of sp³-hybridized carbons (Fsp3) is 0.304. The maximum absolute atomic E-state index is 13.8. The fourth-order valence-electron chi connectivity index (χ4n) is 4.37. The number of aromatic nitrogens is 1. The molecular formula is C23H20F3N5O3S. The molecule has 0 spiro atoms. The van der Waals surface area contributed by atoms with Crippen LogP contribution in [0, 0.1) is 17.2 Å². The summed E-state index contributed by atoms with van der Waals surface area (Å²) in [5, 5.41) is 29.7. The van der Waals surface area contributed by atoms with Crippen molar-refractivity contribution in [2.75, 3.05) is 12.9 Å². The summed E-state index contributed by atoms with van der Waals surface area (Å²) in [5.74, 6) is -1.98. The summed E-state index contributed by atoms with van der Waals surface area (Å²) in [5.41, 5.74) is 0.478. The van der Waals surface area contributed by atoms with Crippen LogP contribution in [0.25, 0.3) is 16.8 Å². The van der Waals surface area contributed by atoms with Gasteiger partial charge in [0.2, 0.25) is 0 Å². The molecule has 0 amide bonds. The Bertz CT molecular complexity index is 1470. The first-order valence-corrected chi connectivity index (χ1v) is 12.4. The van der Waals surface area contributed by atoms with Gasteiger partial charge in [-0.3, -0.25) is 0 Å². The van der Waals surface area contributed by atoms with E-state index in [9.17, 15) is 32.0 Å². The zero-order valence-electron chi connectivity index (χ0n) is 18.4. The third-order valence-electron chi connectivity index (χ3n) is 5.96. The summed E-state index contributed by atoms with van der Waals surface area (Å²) in [4.78, 5) is 0.0976. The van der Waals surface area contributed by atoms with Gasteiger partial charge in [-0.15, -0.1) is 5.10 Å². The number of nitriles is 1. The number of aliphatic hydroxyl groups excluding tert-OH is 1. The van der Waals surface area contributed by atoms with Crippen molar-refractivity contribution >= 4 is 21.6 Å². The fourth-order valence-corrected chi connectivity index (χ4v) is 5.03. The predicted octanol–water partition coefficient (Wildman–Crippen LogP) is 4.18. The molecule has 0 aliphatic carbocycles. The van der Waals surface area contributed by atoms with Crippen LogP contribution in [0.1, 0.15) is 17.5 Å². The molecule has 3 heterocycles. The summed E-state index contributed by atoms with van der Waals surface area (Å²) in [6, 6.07) is 13.1. The van der Waals surface area contributed by atoms with Crippen molar-refractivity contribution in [2.45, 2.75) is 29.5 Å². The zero-order valence-corrected chi connectivity index (χ0v) is 19.3. The molecule has 0 saturated carbocycles. The van der Waals surface area contributed by atoms with Crippen LogP contribution in [0.4, 0.5) is 13.2 Å². The van der Waals surface area contributed by atoms with Gasteiger partial charge in [-0.05, 0) is 47.5 Å². The van der Waals surface area contributed by atoms with Crippen LogP contribution in [0.5, 0.6) is 0 Å². The first-order valence-electron chi connectivity index (χ1n) is 10.5. The second-order valence-electron chi connectivity index (χ2n) is 8.36. The number of hydrogen-bond donors (Lipinski definition) is 1. The minimum Gasteiger partial charge on any atom is -0.396 e. The predicted molar refractivity (Wildman–Crippen MR) is 122 cm³/mol. The van der Waals surface area contributed by atoms with Gasteiger partial charge in [-0.2, -0.15) is 23.5 Å². The second-order valence-corrected chi connectivity index (χ2v) is 10.4. The van der Waals surface area contributed by atoms with Gasteiger partial charge >= 0.3 is 6.18 Å².